The summed E-state index contributed by atoms with van der Waals surface area (Å²) in [5, 5.41) is 0. The highest BCUT2D eigenvalue weighted by molar-refractivity contribution is 7.76. The number of hydrogen-bond donors (Lipinski definition) is 0. The number of hydrogen-bond acceptors (Lipinski definition) is 2. The third-order valence-electron chi connectivity index (χ3n) is 2.83. The molecular weight excluding hydrogens is 186 g/mol. The zero-order valence-electron chi connectivity index (χ0n) is 8.20. The molecule has 1 atom stereocenters. The van der Waals surface area contributed by atoms with Crippen LogP contribution in [0.4, 0.5) is 0 Å². The van der Waals surface area contributed by atoms with Crippen molar-refractivity contribution < 1.29 is 8.76 Å². The smallest absolute Gasteiger partial charge is 0.0206 e. The van der Waals surface area contributed by atoms with Gasteiger partial charge in [-0.05, 0) is 19.4 Å². The van der Waals surface area contributed by atoms with Crippen LogP contribution in [-0.2, 0) is 11.3 Å². The Morgan fingerprint density at radius 3 is 2.54 bits per heavy atom. The maximum Gasteiger partial charge on any atom is 0.0206 e. The van der Waals surface area contributed by atoms with Gasteiger partial charge in [0.15, 0.2) is 0 Å². The van der Waals surface area contributed by atoms with Crippen LogP contribution in [0.3, 0.4) is 0 Å². The van der Waals surface area contributed by atoms with E-state index in [4.69, 9.17) is 0 Å². The normalized spacial score (nSPS) is 22.1. The lowest BCUT2D eigenvalue weighted by molar-refractivity contribution is 0.311. The summed E-state index contributed by atoms with van der Waals surface area (Å²) in [4.78, 5) is 0. The molecule has 0 bridgehead atoms. The van der Waals surface area contributed by atoms with E-state index in [1.807, 2.05) is 0 Å². The summed E-state index contributed by atoms with van der Waals surface area (Å²) < 4.78 is 22.4. The van der Waals surface area contributed by atoms with E-state index in [-0.39, 0.29) is 0 Å². The third-order valence-corrected chi connectivity index (χ3v) is 3.52. The van der Waals surface area contributed by atoms with E-state index in [0.717, 1.165) is 12.3 Å². The van der Waals surface area contributed by atoms with Crippen molar-refractivity contribution in [2.45, 2.75) is 38.5 Å². The highest BCUT2D eigenvalue weighted by atomic mass is 32.2. The molecule has 13 heavy (non-hydrogen) atoms. The van der Waals surface area contributed by atoms with E-state index < -0.39 is 11.3 Å². The summed E-state index contributed by atoms with van der Waals surface area (Å²) >= 11 is -2.03. The predicted octanol–water partition coefficient (Wildman–Crippen LogP) is 1.68. The van der Waals surface area contributed by atoms with Gasteiger partial charge in [-0.25, -0.2) is 4.31 Å². The fourth-order valence-corrected chi connectivity index (χ4v) is 2.17. The number of nitrogens with zero attached hydrogens (tertiary/aromatic N) is 1. The largest absolute Gasteiger partial charge is 0.760 e. The molecule has 1 aliphatic carbocycles. The zero-order valence-corrected chi connectivity index (χ0v) is 9.02. The fraction of sp³-hybridized carbons (Fsp3) is 1.00. The van der Waals surface area contributed by atoms with Crippen LogP contribution in [0.1, 0.15) is 38.5 Å². The van der Waals surface area contributed by atoms with Gasteiger partial charge >= 0.3 is 0 Å². The van der Waals surface area contributed by atoms with Crippen LogP contribution in [0.25, 0.3) is 0 Å². The fourth-order valence-electron chi connectivity index (χ4n) is 1.91. The van der Waals surface area contributed by atoms with Crippen molar-refractivity contribution >= 4 is 11.3 Å². The maximum atomic E-state index is 10.5. The second-order valence-electron chi connectivity index (χ2n) is 3.86. The molecule has 1 saturated carbocycles. The van der Waals surface area contributed by atoms with Crippen LogP contribution in [0.5, 0.6) is 0 Å². The molecule has 0 aromatic heterocycles. The van der Waals surface area contributed by atoms with Crippen LogP contribution >= 0.6 is 0 Å². The first-order valence-electron chi connectivity index (χ1n) is 5.00. The van der Waals surface area contributed by atoms with Crippen molar-refractivity contribution in [2.75, 3.05) is 13.6 Å². The van der Waals surface area contributed by atoms with Crippen molar-refractivity contribution in [2.24, 2.45) is 5.92 Å². The Bertz CT molecular complexity index is 169. The van der Waals surface area contributed by atoms with Gasteiger partial charge in [0.25, 0.3) is 0 Å². The average molecular weight is 204 g/mol. The molecule has 0 saturated heterocycles. The first kappa shape index (κ1) is 11.1. The summed E-state index contributed by atoms with van der Waals surface area (Å²) in [6.07, 6.45) is 7.63. The van der Waals surface area contributed by atoms with Gasteiger partial charge in [-0.2, -0.15) is 0 Å². The molecule has 0 heterocycles. The molecule has 78 valence electrons. The molecule has 1 fully saturated rings. The molecule has 0 spiro atoms. The first-order valence-corrected chi connectivity index (χ1v) is 6.04. The molecule has 0 radical (unpaired) electrons. The number of rotatable bonds is 4. The molecule has 0 aromatic carbocycles. The molecule has 3 nitrogen and oxygen atoms in total. The van der Waals surface area contributed by atoms with Crippen molar-refractivity contribution in [1.29, 1.82) is 0 Å². The highest BCUT2D eigenvalue weighted by Crippen LogP contribution is 2.26. The Morgan fingerprint density at radius 2 is 2.00 bits per heavy atom. The van der Waals surface area contributed by atoms with Crippen molar-refractivity contribution in [3.63, 3.8) is 0 Å². The first-order chi connectivity index (χ1) is 6.20. The Hall–Kier alpha value is 0.0700. The van der Waals surface area contributed by atoms with E-state index in [9.17, 15) is 8.76 Å². The topological polar surface area (TPSA) is 43.4 Å². The maximum absolute atomic E-state index is 10.5. The van der Waals surface area contributed by atoms with Gasteiger partial charge in [0.2, 0.25) is 0 Å². The minimum atomic E-state index is -2.03. The predicted molar refractivity (Wildman–Crippen MR) is 52.7 cm³/mol. The Morgan fingerprint density at radius 1 is 1.38 bits per heavy atom. The van der Waals surface area contributed by atoms with Crippen LogP contribution in [0.2, 0.25) is 0 Å². The average Bonchev–Trinajstić information content (AvgIpc) is 2.15. The van der Waals surface area contributed by atoms with Crippen LogP contribution in [0, 0.1) is 5.92 Å². The van der Waals surface area contributed by atoms with Gasteiger partial charge in [-0.3, -0.25) is 4.21 Å². The summed E-state index contributed by atoms with van der Waals surface area (Å²) in [6, 6.07) is 0. The molecule has 0 amide bonds. The summed E-state index contributed by atoms with van der Waals surface area (Å²) in [5.41, 5.74) is 0. The Kier molecular flexibility index (Phi) is 4.91. The molecule has 4 heteroatoms. The standard InChI is InChI=1S/C9H19NO2S/c1-10(13(11)12)8-7-9-5-3-2-4-6-9/h9H,2-8H2,1H3,(H,11,12)/p-1. The summed E-state index contributed by atoms with van der Waals surface area (Å²) in [5.74, 6) is 0.764. The monoisotopic (exact) mass is 204 g/mol. The van der Waals surface area contributed by atoms with Crippen molar-refractivity contribution in [1.82, 2.24) is 4.31 Å². The van der Waals surface area contributed by atoms with Gasteiger partial charge in [0, 0.05) is 17.8 Å². The molecule has 0 N–H and O–H groups in total. The Labute approximate surface area is 82.9 Å². The van der Waals surface area contributed by atoms with E-state index >= 15 is 0 Å². The second-order valence-corrected chi connectivity index (χ2v) is 4.92. The lowest BCUT2D eigenvalue weighted by atomic mass is 9.87. The van der Waals surface area contributed by atoms with Crippen LogP contribution in [0.15, 0.2) is 0 Å². The van der Waals surface area contributed by atoms with Crippen LogP contribution < -0.4 is 0 Å². The molecule has 0 aromatic rings. The van der Waals surface area contributed by atoms with Gasteiger partial charge in [0.1, 0.15) is 0 Å². The summed E-state index contributed by atoms with van der Waals surface area (Å²) in [7, 11) is 1.63. The second kappa shape index (κ2) is 5.73. The van der Waals surface area contributed by atoms with Gasteiger partial charge in [-0.15, -0.1) is 0 Å². The van der Waals surface area contributed by atoms with E-state index in [1.54, 1.807) is 7.05 Å². The SMILES string of the molecule is CN(CCC1CCCCC1)S(=O)[O-]. The van der Waals surface area contributed by atoms with Gasteiger partial charge in [-0.1, -0.05) is 32.1 Å². The van der Waals surface area contributed by atoms with Gasteiger partial charge in [0.05, 0.1) is 0 Å². The van der Waals surface area contributed by atoms with E-state index in [0.29, 0.717) is 6.54 Å². The minimum absolute atomic E-state index is 0.681. The molecule has 1 unspecified atom stereocenters. The summed E-state index contributed by atoms with van der Waals surface area (Å²) in [6.45, 7) is 0.681. The quantitative estimate of drug-likeness (QED) is 0.654. The lowest BCUT2D eigenvalue weighted by Gasteiger charge is -2.25. The highest BCUT2D eigenvalue weighted by Gasteiger charge is 2.13. The lowest BCUT2D eigenvalue weighted by Crippen LogP contribution is -2.24. The van der Waals surface area contributed by atoms with Crippen molar-refractivity contribution in [3.05, 3.63) is 0 Å². The molecule has 1 aliphatic rings. The van der Waals surface area contributed by atoms with Crippen molar-refractivity contribution in [3.8, 4) is 0 Å². The zero-order chi connectivity index (χ0) is 9.68. The molecule has 1 rings (SSSR count). The van der Waals surface area contributed by atoms with E-state index in [1.165, 1.54) is 36.4 Å². The van der Waals surface area contributed by atoms with Gasteiger partial charge < -0.3 is 4.55 Å². The van der Waals surface area contributed by atoms with E-state index in [2.05, 4.69) is 0 Å². The minimum Gasteiger partial charge on any atom is -0.760 e. The Balaban J connectivity index is 2.13. The molecule has 0 aliphatic heterocycles. The third kappa shape index (κ3) is 4.20. The van der Waals surface area contributed by atoms with Crippen LogP contribution in [-0.4, -0.2) is 26.7 Å². The molecular formula is C9H18NO2S-.